The summed E-state index contributed by atoms with van der Waals surface area (Å²) < 4.78 is 11.2. The van der Waals surface area contributed by atoms with E-state index >= 15 is 0 Å². The minimum Gasteiger partial charge on any atom is -0.507 e. The van der Waals surface area contributed by atoms with Crippen LogP contribution in [0.25, 0.3) is 5.76 Å². The van der Waals surface area contributed by atoms with E-state index in [0.29, 0.717) is 35.8 Å². The Kier molecular flexibility index (Phi) is 7.51. The van der Waals surface area contributed by atoms with Crippen LogP contribution in [0, 0.1) is 0 Å². The fourth-order valence-corrected chi connectivity index (χ4v) is 4.19. The quantitative estimate of drug-likeness (QED) is 0.254. The predicted octanol–water partition coefficient (Wildman–Crippen LogP) is 5.50. The van der Waals surface area contributed by atoms with E-state index in [1.165, 1.54) is 4.90 Å². The van der Waals surface area contributed by atoms with Gasteiger partial charge in [0.15, 0.2) is 0 Å². The minimum absolute atomic E-state index is 0.0581. The van der Waals surface area contributed by atoms with E-state index in [1.807, 2.05) is 56.3 Å². The van der Waals surface area contributed by atoms with Crippen LogP contribution >= 0.6 is 0 Å². The van der Waals surface area contributed by atoms with E-state index in [1.54, 1.807) is 36.4 Å². The number of carbonyl (C=O) groups excluding carboxylic acids is 2. The normalized spacial score (nSPS) is 17.0. The maximum Gasteiger partial charge on any atom is 0.295 e. The van der Waals surface area contributed by atoms with Gasteiger partial charge in [0.2, 0.25) is 0 Å². The Balaban J connectivity index is 1.80. The van der Waals surface area contributed by atoms with Gasteiger partial charge in [0.1, 0.15) is 17.3 Å². The van der Waals surface area contributed by atoms with Gasteiger partial charge < -0.3 is 19.5 Å². The van der Waals surface area contributed by atoms with Crippen LogP contribution in [0.5, 0.6) is 11.5 Å². The van der Waals surface area contributed by atoms with Crippen molar-refractivity contribution in [2.24, 2.45) is 0 Å². The van der Waals surface area contributed by atoms with Gasteiger partial charge in [-0.25, -0.2) is 0 Å². The number of likely N-dealkylation sites (tertiary alicyclic amines) is 1. The van der Waals surface area contributed by atoms with Gasteiger partial charge in [-0.05, 0) is 48.7 Å². The number of aliphatic hydroxyl groups excluding tert-OH is 1. The molecule has 4 rings (SSSR count). The van der Waals surface area contributed by atoms with Gasteiger partial charge in [0.05, 0.1) is 24.8 Å². The fourth-order valence-electron chi connectivity index (χ4n) is 4.19. The molecule has 1 aliphatic rings. The first-order valence-electron chi connectivity index (χ1n) is 11.8. The van der Waals surface area contributed by atoms with Crippen LogP contribution in [0.15, 0.2) is 84.4 Å². The first-order chi connectivity index (χ1) is 17.0. The Hall–Kier alpha value is -4.06. The van der Waals surface area contributed by atoms with Crippen molar-refractivity contribution in [1.82, 2.24) is 4.90 Å². The standard InChI is InChI=1S/C29H29NO5/c1-3-17-35-24-12-8-11-22(18-24)27(31)25-26(21-13-15-23(16-14-21)34-4-2)30(29(33)28(25)32)19-20-9-6-5-7-10-20/h5-16,18,26,31H,3-4,17,19H2,1-2H3/b27-25+. The lowest BCUT2D eigenvalue weighted by Crippen LogP contribution is -2.29. The van der Waals surface area contributed by atoms with Crippen LogP contribution in [0.1, 0.15) is 43.0 Å². The van der Waals surface area contributed by atoms with Crippen LogP contribution in [-0.2, 0) is 16.1 Å². The molecule has 1 unspecified atom stereocenters. The number of rotatable bonds is 9. The van der Waals surface area contributed by atoms with Crippen molar-refractivity contribution >= 4 is 17.4 Å². The van der Waals surface area contributed by atoms with Crippen molar-refractivity contribution in [1.29, 1.82) is 0 Å². The molecular formula is C29H29NO5. The second-order valence-electron chi connectivity index (χ2n) is 8.29. The van der Waals surface area contributed by atoms with Crippen molar-refractivity contribution in [2.45, 2.75) is 32.9 Å². The van der Waals surface area contributed by atoms with Crippen LogP contribution in [-0.4, -0.2) is 34.9 Å². The molecule has 1 N–H and O–H groups in total. The Bertz CT molecular complexity index is 1220. The number of ketones is 1. The first-order valence-corrected chi connectivity index (χ1v) is 11.8. The summed E-state index contributed by atoms with van der Waals surface area (Å²) in [6, 6.07) is 22.9. The second kappa shape index (κ2) is 10.9. The number of aliphatic hydroxyl groups is 1. The third-order valence-electron chi connectivity index (χ3n) is 5.82. The van der Waals surface area contributed by atoms with Crippen LogP contribution in [0.2, 0.25) is 0 Å². The summed E-state index contributed by atoms with van der Waals surface area (Å²) in [6.45, 7) is 5.22. The largest absolute Gasteiger partial charge is 0.507 e. The number of hydrogen-bond donors (Lipinski definition) is 1. The number of amides is 1. The highest BCUT2D eigenvalue weighted by Gasteiger charge is 2.46. The van der Waals surface area contributed by atoms with Crippen molar-refractivity contribution in [3.63, 3.8) is 0 Å². The summed E-state index contributed by atoms with van der Waals surface area (Å²) in [5.74, 6) is -0.298. The lowest BCUT2D eigenvalue weighted by Gasteiger charge is -2.25. The molecule has 1 atom stereocenters. The zero-order chi connectivity index (χ0) is 24.8. The molecule has 0 aromatic heterocycles. The SMILES string of the molecule is CCCOc1cccc(/C(O)=C2\C(=O)C(=O)N(Cc3ccccc3)C2c2ccc(OCC)cc2)c1. The number of ether oxygens (including phenoxy) is 2. The zero-order valence-electron chi connectivity index (χ0n) is 19.9. The summed E-state index contributed by atoms with van der Waals surface area (Å²) in [6.07, 6.45) is 0.846. The van der Waals surface area contributed by atoms with Crippen molar-refractivity contribution in [3.05, 3.63) is 101 Å². The van der Waals surface area contributed by atoms with E-state index in [0.717, 1.165) is 12.0 Å². The van der Waals surface area contributed by atoms with E-state index in [2.05, 4.69) is 0 Å². The summed E-state index contributed by atoms with van der Waals surface area (Å²) in [4.78, 5) is 28.0. The minimum atomic E-state index is -0.744. The van der Waals surface area contributed by atoms with Gasteiger partial charge in [-0.2, -0.15) is 0 Å². The molecule has 180 valence electrons. The maximum atomic E-state index is 13.3. The Morgan fingerprint density at radius 1 is 0.886 bits per heavy atom. The molecule has 1 saturated heterocycles. The number of benzene rings is 3. The molecule has 35 heavy (non-hydrogen) atoms. The Labute approximate surface area is 205 Å². The summed E-state index contributed by atoms with van der Waals surface area (Å²) in [7, 11) is 0. The van der Waals surface area contributed by atoms with E-state index in [9.17, 15) is 14.7 Å². The van der Waals surface area contributed by atoms with Crippen LogP contribution < -0.4 is 9.47 Å². The molecule has 3 aromatic rings. The lowest BCUT2D eigenvalue weighted by atomic mass is 9.95. The van der Waals surface area contributed by atoms with Gasteiger partial charge in [-0.15, -0.1) is 0 Å². The molecule has 1 fully saturated rings. The second-order valence-corrected chi connectivity index (χ2v) is 8.29. The molecule has 3 aromatic carbocycles. The summed E-state index contributed by atoms with van der Waals surface area (Å²) in [5.41, 5.74) is 2.08. The number of hydrogen-bond acceptors (Lipinski definition) is 5. The molecule has 0 radical (unpaired) electrons. The van der Waals surface area contributed by atoms with Gasteiger partial charge in [-0.3, -0.25) is 9.59 Å². The van der Waals surface area contributed by atoms with Crippen molar-refractivity contribution in [2.75, 3.05) is 13.2 Å². The highest BCUT2D eigenvalue weighted by molar-refractivity contribution is 6.46. The molecule has 0 saturated carbocycles. The number of carbonyl (C=O) groups is 2. The lowest BCUT2D eigenvalue weighted by molar-refractivity contribution is -0.140. The molecule has 1 heterocycles. The number of nitrogens with zero attached hydrogens (tertiary/aromatic N) is 1. The van der Waals surface area contributed by atoms with Gasteiger partial charge in [0, 0.05) is 12.1 Å². The Morgan fingerprint density at radius 2 is 1.63 bits per heavy atom. The topological polar surface area (TPSA) is 76.1 Å². The fraction of sp³-hybridized carbons (Fsp3) is 0.241. The van der Waals surface area contributed by atoms with Gasteiger partial charge in [-0.1, -0.05) is 61.5 Å². The predicted molar refractivity (Wildman–Crippen MR) is 134 cm³/mol. The summed E-state index contributed by atoms with van der Waals surface area (Å²) in [5, 5.41) is 11.3. The molecule has 0 aliphatic carbocycles. The first kappa shape index (κ1) is 24.1. The van der Waals surface area contributed by atoms with Gasteiger partial charge in [0.25, 0.3) is 11.7 Å². The van der Waals surface area contributed by atoms with E-state index in [4.69, 9.17) is 9.47 Å². The average molecular weight is 472 g/mol. The Morgan fingerprint density at radius 3 is 2.31 bits per heavy atom. The third kappa shape index (κ3) is 5.22. The smallest absolute Gasteiger partial charge is 0.295 e. The molecule has 1 amide bonds. The van der Waals surface area contributed by atoms with Crippen LogP contribution in [0.4, 0.5) is 0 Å². The molecular weight excluding hydrogens is 442 g/mol. The molecule has 6 nitrogen and oxygen atoms in total. The van der Waals surface area contributed by atoms with E-state index < -0.39 is 17.7 Å². The van der Waals surface area contributed by atoms with Crippen molar-refractivity contribution in [3.8, 4) is 11.5 Å². The molecule has 1 aliphatic heterocycles. The molecule has 0 spiro atoms. The average Bonchev–Trinajstić information content (AvgIpc) is 3.13. The third-order valence-corrected chi connectivity index (χ3v) is 5.82. The van der Waals surface area contributed by atoms with Gasteiger partial charge >= 0.3 is 0 Å². The maximum absolute atomic E-state index is 13.3. The number of Topliss-reactive ketones (excluding diaryl/α,β-unsaturated/α-hetero) is 1. The van der Waals surface area contributed by atoms with Crippen LogP contribution in [0.3, 0.4) is 0 Å². The monoisotopic (exact) mass is 471 g/mol. The molecule has 6 heteroatoms. The highest BCUT2D eigenvalue weighted by Crippen LogP contribution is 2.41. The van der Waals surface area contributed by atoms with E-state index in [-0.39, 0.29) is 17.9 Å². The van der Waals surface area contributed by atoms with Crippen molar-refractivity contribution < 1.29 is 24.2 Å². The zero-order valence-corrected chi connectivity index (χ0v) is 19.9. The highest BCUT2D eigenvalue weighted by atomic mass is 16.5. The molecule has 0 bridgehead atoms. The summed E-state index contributed by atoms with van der Waals surface area (Å²) >= 11 is 0.